The van der Waals surface area contributed by atoms with Gasteiger partial charge in [0.2, 0.25) is 0 Å². The number of halogens is 1. The van der Waals surface area contributed by atoms with E-state index in [1.165, 1.54) is 17.8 Å². The molecule has 3 rings (SSSR count). The molecule has 0 aromatic carbocycles. The summed E-state index contributed by atoms with van der Waals surface area (Å²) >= 11 is 6.04. The van der Waals surface area contributed by atoms with E-state index in [9.17, 15) is 0 Å². The summed E-state index contributed by atoms with van der Waals surface area (Å²) in [5, 5.41) is 0.776. The Kier molecular flexibility index (Phi) is 2.21. The Morgan fingerprint density at radius 1 is 1.38 bits per heavy atom. The number of pyridine rings is 1. The van der Waals surface area contributed by atoms with Gasteiger partial charge in [0.15, 0.2) is 0 Å². The average Bonchev–Trinajstić information content (AvgIpc) is 2.57. The molecule has 2 aromatic rings. The molecule has 2 aromatic heterocycles. The van der Waals surface area contributed by atoms with Crippen LogP contribution in [0.25, 0.3) is 5.65 Å². The number of hydrogen-bond donors (Lipinski definition) is 0. The molecule has 0 radical (unpaired) electrons. The molecule has 1 aliphatic carbocycles. The summed E-state index contributed by atoms with van der Waals surface area (Å²) in [7, 11) is 0. The van der Waals surface area contributed by atoms with Crippen molar-refractivity contribution in [1.29, 1.82) is 0 Å². The summed E-state index contributed by atoms with van der Waals surface area (Å²) in [6.45, 7) is 4.58. The van der Waals surface area contributed by atoms with Gasteiger partial charge in [-0.25, -0.2) is 4.98 Å². The van der Waals surface area contributed by atoms with Crippen molar-refractivity contribution in [2.75, 3.05) is 0 Å². The van der Waals surface area contributed by atoms with E-state index in [1.54, 1.807) is 0 Å². The molecule has 0 spiro atoms. The lowest BCUT2D eigenvalue weighted by atomic mass is 9.84. The average molecular weight is 235 g/mol. The Morgan fingerprint density at radius 3 is 3.00 bits per heavy atom. The van der Waals surface area contributed by atoms with Gasteiger partial charge < -0.3 is 4.40 Å². The monoisotopic (exact) mass is 234 g/mol. The summed E-state index contributed by atoms with van der Waals surface area (Å²) in [6, 6.07) is 3.90. The van der Waals surface area contributed by atoms with Crippen LogP contribution < -0.4 is 0 Å². The second-order valence-corrected chi connectivity index (χ2v) is 5.40. The van der Waals surface area contributed by atoms with E-state index in [0.717, 1.165) is 23.0 Å². The van der Waals surface area contributed by atoms with Crippen LogP contribution in [0.1, 0.15) is 37.6 Å². The highest BCUT2D eigenvalue weighted by Gasteiger charge is 2.26. The van der Waals surface area contributed by atoms with Crippen LogP contribution in [0.3, 0.4) is 0 Å². The first-order valence-electron chi connectivity index (χ1n) is 5.81. The minimum absolute atomic E-state index is 0.567. The van der Waals surface area contributed by atoms with E-state index in [2.05, 4.69) is 18.2 Å². The molecule has 2 nitrogen and oxygen atoms in total. The smallest absolute Gasteiger partial charge is 0.137 e. The summed E-state index contributed by atoms with van der Waals surface area (Å²) in [6.07, 6.45) is 4.33. The number of aromatic nitrogens is 2. The molecule has 1 aliphatic rings. The van der Waals surface area contributed by atoms with Crippen molar-refractivity contribution in [1.82, 2.24) is 9.38 Å². The van der Waals surface area contributed by atoms with Crippen LogP contribution >= 0.6 is 11.6 Å². The number of fused-ring (bicyclic) bond motifs is 3. The van der Waals surface area contributed by atoms with Crippen molar-refractivity contribution in [3.8, 4) is 0 Å². The fourth-order valence-electron chi connectivity index (χ4n) is 2.81. The molecule has 2 atom stereocenters. The highest BCUT2D eigenvalue weighted by molar-refractivity contribution is 6.30. The van der Waals surface area contributed by atoms with Gasteiger partial charge in [-0.15, -0.1) is 0 Å². The molecule has 16 heavy (non-hydrogen) atoms. The molecule has 84 valence electrons. The van der Waals surface area contributed by atoms with Gasteiger partial charge in [0.25, 0.3) is 0 Å². The first kappa shape index (κ1) is 10.2. The largest absolute Gasteiger partial charge is 0.302 e. The number of imidazole rings is 1. The zero-order valence-corrected chi connectivity index (χ0v) is 10.3. The minimum atomic E-state index is 0.567. The molecule has 2 heterocycles. The Bertz CT molecular complexity index is 544. The highest BCUT2D eigenvalue weighted by atomic mass is 35.5. The molecule has 0 bridgehead atoms. The Morgan fingerprint density at radius 2 is 2.19 bits per heavy atom. The van der Waals surface area contributed by atoms with E-state index < -0.39 is 0 Å². The summed E-state index contributed by atoms with van der Waals surface area (Å²) in [5.74, 6) is 1.30. The second kappa shape index (κ2) is 3.49. The van der Waals surface area contributed by atoms with Crippen molar-refractivity contribution in [3.05, 3.63) is 34.7 Å². The fourth-order valence-corrected chi connectivity index (χ4v) is 2.97. The maximum atomic E-state index is 6.04. The van der Waals surface area contributed by atoms with Gasteiger partial charge in [0.1, 0.15) is 5.65 Å². The van der Waals surface area contributed by atoms with Crippen molar-refractivity contribution in [2.24, 2.45) is 5.92 Å². The summed E-state index contributed by atoms with van der Waals surface area (Å²) in [4.78, 5) is 4.71. The third kappa shape index (κ3) is 1.44. The van der Waals surface area contributed by atoms with E-state index >= 15 is 0 Å². The standard InChI is InChI=1S/C13H15ClN2/c1-8-5-9(2)13-11(6-8)16-7-10(14)3-4-12(16)15-13/h3-4,7-9H,5-6H2,1-2H3. The zero-order chi connectivity index (χ0) is 11.3. The Balaban J connectivity index is 2.27. The van der Waals surface area contributed by atoms with E-state index in [-0.39, 0.29) is 0 Å². The van der Waals surface area contributed by atoms with Crippen LogP contribution in [0.5, 0.6) is 0 Å². The minimum Gasteiger partial charge on any atom is -0.302 e. The van der Waals surface area contributed by atoms with Crippen molar-refractivity contribution >= 4 is 17.2 Å². The number of hydrogen-bond acceptors (Lipinski definition) is 1. The number of nitrogens with zero attached hydrogens (tertiary/aromatic N) is 2. The third-order valence-corrected chi connectivity index (χ3v) is 3.70. The maximum absolute atomic E-state index is 6.04. The molecular formula is C13H15ClN2. The van der Waals surface area contributed by atoms with Crippen LogP contribution in [-0.2, 0) is 6.42 Å². The van der Waals surface area contributed by atoms with Crippen LogP contribution in [0, 0.1) is 5.92 Å². The van der Waals surface area contributed by atoms with E-state index in [0.29, 0.717) is 5.92 Å². The topological polar surface area (TPSA) is 17.3 Å². The van der Waals surface area contributed by atoms with Crippen LogP contribution in [0.4, 0.5) is 0 Å². The molecule has 0 saturated heterocycles. The molecular weight excluding hydrogens is 220 g/mol. The van der Waals surface area contributed by atoms with Gasteiger partial charge in [-0.05, 0) is 30.9 Å². The van der Waals surface area contributed by atoms with Gasteiger partial charge in [0.05, 0.1) is 10.7 Å². The SMILES string of the molecule is CC1Cc2c(nc3ccc(Cl)cn23)C(C)C1. The van der Waals surface area contributed by atoms with Gasteiger partial charge in [-0.3, -0.25) is 0 Å². The Hall–Kier alpha value is -1.02. The van der Waals surface area contributed by atoms with Crippen LogP contribution in [-0.4, -0.2) is 9.38 Å². The van der Waals surface area contributed by atoms with E-state index in [4.69, 9.17) is 16.6 Å². The predicted octanol–water partition coefficient (Wildman–Crippen LogP) is 3.67. The maximum Gasteiger partial charge on any atom is 0.137 e. The zero-order valence-electron chi connectivity index (χ0n) is 9.57. The fraction of sp³-hybridized carbons (Fsp3) is 0.462. The van der Waals surface area contributed by atoms with Gasteiger partial charge >= 0.3 is 0 Å². The van der Waals surface area contributed by atoms with Crippen molar-refractivity contribution in [3.63, 3.8) is 0 Å². The first-order chi connectivity index (χ1) is 7.65. The van der Waals surface area contributed by atoms with Gasteiger partial charge in [-0.1, -0.05) is 25.4 Å². The van der Waals surface area contributed by atoms with Crippen LogP contribution in [0.15, 0.2) is 18.3 Å². The quantitative estimate of drug-likeness (QED) is 0.680. The Labute approximate surface area is 100 Å². The lowest BCUT2D eigenvalue weighted by Gasteiger charge is -2.23. The second-order valence-electron chi connectivity index (χ2n) is 4.97. The molecule has 3 heteroatoms. The summed E-state index contributed by atoms with van der Waals surface area (Å²) in [5.41, 5.74) is 3.64. The van der Waals surface area contributed by atoms with Gasteiger partial charge in [0, 0.05) is 17.8 Å². The molecule has 0 saturated carbocycles. The molecule has 2 unspecified atom stereocenters. The number of rotatable bonds is 0. The molecule has 0 N–H and O–H groups in total. The molecule has 0 aliphatic heterocycles. The lowest BCUT2D eigenvalue weighted by molar-refractivity contribution is 0.438. The van der Waals surface area contributed by atoms with Crippen molar-refractivity contribution in [2.45, 2.75) is 32.6 Å². The molecule has 0 amide bonds. The third-order valence-electron chi connectivity index (χ3n) is 3.48. The normalized spacial score (nSPS) is 24.7. The van der Waals surface area contributed by atoms with Crippen molar-refractivity contribution < 1.29 is 0 Å². The highest BCUT2D eigenvalue weighted by Crippen LogP contribution is 2.34. The lowest BCUT2D eigenvalue weighted by Crippen LogP contribution is -2.15. The van der Waals surface area contributed by atoms with E-state index in [1.807, 2.05) is 18.3 Å². The van der Waals surface area contributed by atoms with Crippen LogP contribution in [0.2, 0.25) is 5.02 Å². The predicted molar refractivity (Wildman–Crippen MR) is 66.1 cm³/mol. The van der Waals surface area contributed by atoms with Gasteiger partial charge in [-0.2, -0.15) is 0 Å². The molecule has 0 fully saturated rings. The first-order valence-corrected chi connectivity index (χ1v) is 6.19. The summed E-state index contributed by atoms with van der Waals surface area (Å²) < 4.78 is 2.16.